The number of anilines is 1. The van der Waals surface area contributed by atoms with Crippen molar-refractivity contribution in [2.45, 2.75) is 6.92 Å². The minimum atomic E-state index is -0.279. The van der Waals surface area contributed by atoms with Crippen LogP contribution in [0.4, 0.5) is 5.69 Å². The second-order valence-electron chi connectivity index (χ2n) is 3.61. The number of benzene rings is 1. The van der Waals surface area contributed by atoms with Gasteiger partial charge in [-0.05, 0) is 31.2 Å². The van der Waals surface area contributed by atoms with Crippen molar-refractivity contribution in [2.24, 2.45) is 5.10 Å². The number of nitrogens with two attached hydrogens (primary N) is 1. The molecule has 3 N–H and O–H groups in total. The summed E-state index contributed by atoms with van der Waals surface area (Å²) in [7, 11) is 0. The van der Waals surface area contributed by atoms with Crippen molar-refractivity contribution in [2.75, 3.05) is 5.73 Å². The molecule has 5 nitrogen and oxygen atoms in total. The summed E-state index contributed by atoms with van der Waals surface area (Å²) < 4.78 is 0. The van der Waals surface area contributed by atoms with Gasteiger partial charge in [0.15, 0.2) is 0 Å². The molecule has 0 fully saturated rings. The van der Waals surface area contributed by atoms with Crippen molar-refractivity contribution in [1.82, 2.24) is 10.4 Å². The summed E-state index contributed by atoms with van der Waals surface area (Å²) in [6.45, 7) is 1.91. The van der Waals surface area contributed by atoms with E-state index in [0.29, 0.717) is 11.3 Å². The molecule has 0 radical (unpaired) electrons. The zero-order valence-corrected chi connectivity index (χ0v) is 10.6. The van der Waals surface area contributed by atoms with E-state index in [4.69, 9.17) is 5.73 Å². The van der Waals surface area contributed by atoms with E-state index in [9.17, 15) is 4.79 Å². The third kappa shape index (κ3) is 3.14. The quantitative estimate of drug-likeness (QED) is 0.501. The van der Waals surface area contributed by atoms with Crippen molar-refractivity contribution >= 4 is 29.1 Å². The Labute approximate surface area is 108 Å². The molecular weight excluding hydrogens is 248 g/mol. The number of aromatic nitrogens is 1. The predicted molar refractivity (Wildman–Crippen MR) is 72.8 cm³/mol. The van der Waals surface area contributed by atoms with E-state index in [2.05, 4.69) is 15.5 Å². The third-order valence-corrected chi connectivity index (χ3v) is 2.96. The normalized spacial score (nSPS) is 10.7. The first-order valence-electron chi connectivity index (χ1n) is 5.26. The zero-order chi connectivity index (χ0) is 13.0. The molecule has 0 unspecified atom stereocenters. The molecule has 0 atom stereocenters. The van der Waals surface area contributed by atoms with Gasteiger partial charge in [0, 0.05) is 16.6 Å². The summed E-state index contributed by atoms with van der Waals surface area (Å²) in [6.07, 6.45) is 1.51. The van der Waals surface area contributed by atoms with Gasteiger partial charge in [-0.3, -0.25) is 4.79 Å². The molecule has 1 aromatic carbocycles. The van der Waals surface area contributed by atoms with Gasteiger partial charge in [0.2, 0.25) is 0 Å². The number of thiazole rings is 1. The Bertz CT molecular complexity index is 574. The highest BCUT2D eigenvalue weighted by Crippen LogP contribution is 2.06. The van der Waals surface area contributed by atoms with Gasteiger partial charge < -0.3 is 5.73 Å². The fourth-order valence-corrected chi connectivity index (χ4v) is 1.86. The summed E-state index contributed by atoms with van der Waals surface area (Å²) in [5.74, 6) is -0.279. The van der Waals surface area contributed by atoms with Gasteiger partial charge in [-0.25, -0.2) is 10.4 Å². The van der Waals surface area contributed by atoms with Crippen molar-refractivity contribution < 1.29 is 4.79 Å². The van der Waals surface area contributed by atoms with Crippen LogP contribution in [0, 0.1) is 6.92 Å². The molecule has 1 aromatic heterocycles. The summed E-state index contributed by atoms with van der Waals surface area (Å²) in [5, 5.41) is 6.67. The van der Waals surface area contributed by atoms with Crippen LogP contribution in [0.25, 0.3) is 0 Å². The lowest BCUT2D eigenvalue weighted by Gasteiger charge is -1.99. The first-order valence-corrected chi connectivity index (χ1v) is 6.14. The number of hydrogen-bond acceptors (Lipinski definition) is 5. The number of carbonyl (C=O) groups excluding carboxylic acids is 1. The summed E-state index contributed by atoms with van der Waals surface area (Å²) in [5.41, 5.74) is 9.83. The average molecular weight is 260 g/mol. The SMILES string of the molecule is Cc1nc(/C=N\NC(=O)c2ccc(N)cc2)cs1. The Balaban J connectivity index is 1.96. The Kier molecular flexibility index (Phi) is 3.69. The number of hydrogen-bond donors (Lipinski definition) is 2. The summed E-state index contributed by atoms with van der Waals surface area (Å²) in [6, 6.07) is 6.63. The smallest absolute Gasteiger partial charge is 0.271 e. The van der Waals surface area contributed by atoms with E-state index < -0.39 is 0 Å². The molecular formula is C12H12N4OS. The maximum Gasteiger partial charge on any atom is 0.271 e. The number of nitrogens with one attached hydrogen (secondary N) is 1. The fourth-order valence-electron chi connectivity index (χ4n) is 1.30. The number of nitrogens with zero attached hydrogens (tertiary/aromatic N) is 2. The monoisotopic (exact) mass is 260 g/mol. The van der Waals surface area contributed by atoms with Gasteiger partial charge in [0.05, 0.1) is 16.9 Å². The molecule has 18 heavy (non-hydrogen) atoms. The van der Waals surface area contributed by atoms with Gasteiger partial charge in [-0.2, -0.15) is 5.10 Å². The number of nitrogen functional groups attached to an aromatic ring is 1. The van der Waals surface area contributed by atoms with Crippen LogP contribution >= 0.6 is 11.3 Å². The van der Waals surface area contributed by atoms with E-state index in [0.717, 1.165) is 10.7 Å². The number of amides is 1. The van der Waals surface area contributed by atoms with Gasteiger partial charge >= 0.3 is 0 Å². The van der Waals surface area contributed by atoms with Gasteiger partial charge in [0.1, 0.15) is 0 Å². The number of aryl methyl sites for hydroxylation is 1. The average Bonchev–Trinajstić information content (AvgIpc) is 2.76. The second-order valence-corrected chi connectivity index (χ2v) is 4.67. The molecule has 0 aliphatic rings. The van der Waals surface area contributed by atoms with Crippen molar-refractivity contribution in [3.8, 4) is 0 Å². The zero-order valence-electron chi connectivity index (χ0n) is 9.75. The van der Waals surface area contributed by atoms with E-state index in [1.165, 1.54) is 17.6 Å². The lowest BCUT2D eigenvalue weighted by Crippen LogP contribution is -2.17. The minimum Gasteiger partial charge on any atom is -0.399 e. The highest BCUT2D eigenvalue weighted by molar-refractivity contribution is 7.09. The van der Waals surface area contributed by atoms with Crippen LogP contribution in [0.15, 0.2) is 34.7 Å². The van der Waals surface area contributed by atoms with Crippen molar-refractivity contribution in [3.05, 3.63) is 45.9 Å². The topological polar surface area (TPSA) is 80.4 Å². The Morgan fingerprint density at radius 2 is 2.17 bits per heavy atom. The predicted octanol–water partition coefficient (Wildman–Crippen LogP) is 1.80. The number of carbonyl (C=O) groups is 1. The first kappa shape index (κ1) is 12.3. The van der Waals surface area contributed by atoms with Crippen LogP contribution in [0.1, 0.15) is 21.1 Å². The lowest BCUT2D eigenvalue weighted by molar-refractivity contribution is 0.0955. The highest BCUT2D eigenvalue weighted by Gasteiger charge is 2.02. The van der Waals surface area contributed by atoms with Crippen LogP contribution in [0.2, 0.25) is 0 Å². The number of hydrazone groups is 1. The van der Waals surface area contributed by atoms with E-state index in [-0.39, 0.29) is 5.91 Å². The summed E-state index contributed by atoms with van der Waals surface area (Å²) >= 11 is 1.53. The molecule has 6 heteroatoms. The Morgan fingerprint density at radius 3 is 2.78 bits per heavy atom. The molecule has 0 saturated carbocycles. The molecule has 0 spiro atoms. The molecule has 92 valence electrons. The van der Waals surface area contributed by atoms with Gasteiger partial charge in [0.25, 0.3) is 5.91 Å². The maximum absolute atomic E-state index is 11.7. The standard InChI is InChI=1S/C12H12N4OS/c1-8-15-11(7-18-8)6-14-16-12(17)9-2-4-10(13)5-3-9/h2-7H,13H2,1H3,(H,16,17)/b14-6-. The van der Waals surface area contributed by atoms with Crippen LogP contribution in [-0.2, 0) is 0 Å². The molecule has 0 bridgehead atoms. The van der Waals surface area contributed by atoms with Crippen LogP contribution < -0.4 is 11.2 Å². The van der Waals surface area contributed by atoms with Gasteiger partial charge in [-0.15, -0.1) is 11.3 Å². The van der Waals surface area contributed by atoms with E-state index >= 15 is 0 Å². The van der Waals surface area contributed by atoms with Crippen LogP contribution in [0.3, 0.4) is 0 Å². The first-order chi connectivity index (χ1) is 8.65. The van der Waals surface area contributed by atoms with Crippen molar-refractivity contribution in [1.29, 1.82) is 0 Å². The van der Waals surface area contributed by atoms with E-state index in [1.54, 1.807) is 24.3 Å². The molecule has 1 heterocycles. The molecule has 0 saturated heterocycles. The molecule has 2 rings (SSSR count). The van der Waals surface area contributed by atoms with Gasteiger partial charge in [-0.1, -0.05) is 0 Å². The molecule has 2 aromatic rings. The molecule has 0 aliphatic carbocycles. The summed E-state index contributed by atoms with van der Waals surface area (Å²) in [4.78, 5) is 15.9. The third-order valence-electron chi connectivity index (χ3n) is 2.17. The second kappa shape index (κ2) is 5.42. The van der Waals surface area contributed by atoms with Crippen LogP contribution in [-0.4, -0.2) is 17.1 Å². The largest absolute Gasteiger partial charge is 0.399 e. The Morgan fingerprint density at radius 1 is 1.44 bits per heavy atom. The Hall–Kier alpha value is -2.21. The van der Waals surface area contributed by atoms with Crippen LogP contribution in [0.5, 0.6) is 0 Å². The van der Waals surface area contributed by atoms with E-state index in [1.807, 2.05) is 12.3 Å². The van der Waals surface area contributed by atoms with Crippen molar-refractivity contribution in [3.63, 3.8) is 0 Å². The molecule has 1 amide bonds. The number of rotatable bonds is 3. The maximum atomic E-state index is 11.7. The molecule has 0 aliphatic heterocycles. The fraction of sp³-hybridized carbons (Fsp3) is 0.0833. The lowest BCUT2D eigenvalue weighted by atomic mass is 10.2. The minimum absolute atomic E-state index is 0.279. The highest BCUT2D eigenvalue weighted by atomic mass is 32.1.